The zero-order valence-corrected chi connectivity index (χ0v) is 15.3. The molecule has 6 nitrogen and oxygen atoms in total. The van der Waals surface area contributed by atoms with Gasteiger partial charge >= 0.3 is 6.03 Å². The number of rotatable bonds is 5. The van der Waals surface area contributed by atoms with Crippen molar-refractivity contribution >= 4 is 17.6 Å². The van der Waals surface area contributed by atoms with Crippen molar-refractivity contribution in [2.75, 3.05) is 11.9 Å². The molecule has 0 saturated carbocycles. The second kappa shape index (κ2) is 7.78. The minimum atomic E-state index is -0.131. The van der Waals surface area contributed by atoms with Crippen LogP contribution in [0, 0.1) is 0 Å². The van der Waals surface area contributed by atoms with E-state index in [9.17, 15) is 9.59 Å². The molecule has 140 valence electrons. The molecule has 0 radical (unpaired) electrons. The Hall–Kier alpha value is -2.89. The third-order valence-corrected chi connectivity index (χ3v) is 5.32. The normalized spacial score (nSPS) is 18.1. The third-order valence-electron chi connectivity index (χ3n) is 5.32. The first kappa shape index (κ1) is 17.5. The Morgan fingerprint density at radius 3 is 2.81 bits per heavy atom. The number of benzene rings is 1. The van der Waals surface area contributed by atoms with Crippen molar-refractivity contribution < 1.29 is 9.59 Å². The fourth-order valence-corrected chi connectivity index (χ4v) is 3.94. The largest absolute Gasteiger partial charge is 0.352 e. The van der Waals surface area contributed by atoms with Crippen molar-refractivity contribution in [2.45, 2.75) is 44.7 Å². The third kappa shape index (κ3) is 4.10. The zero-order chi connectivity index (χ0) is 18.6. The second-order valence-corrected chi connectivity index (χ2v) is 7.27. The maximum absolute atomic E-state index is 13.1. The number of nitrogens with one attached hydrogen (secondary N) is 2. The summed E-state index contributed by atoms with van der Waals surface area (Å²) in [6, 6.07) is 9.82. The van der Waals surface area contributed by atoms with Crippen molar-refractivity contribution in [3.05, 3.63) is 59.4 Å². The van der Waals surface area contributed by atoms with Gasteiger partial charge in [0.1, 0.15) is 0 Å². The highest BCUT2D eigenvalue weighted by molar-refractivity contribution is 5.90. The fraction of sp³-hybridized carbons (Fsp3) is 0.381. The smallest absolute Gasteiger partial charge is 0.322 e. The van der Waals surface area contributed by atoms with Crippen LogP contribution in [-0.2, 0) is 24.2 Å². The average Bonchev–Trinajstić information content (AvgIpc) is 3.31. The summed E-state index contributed by atoms with van der Waals surface area (Å²) < 4.78 is 0. The molecule has 4 rings (SSSR count). The number of pyridine rings is 1. The molecular formula is C21H24N4O2. The molecule has 1 aliphatic carbocycles. The van der Waals surface area contributed by atoms with Gasteiger partial charge < -0.3 is 15.5 Å². The fourth-order valence-electron chi connectivity index (χ4n) is 3.94. The first-order valence-corrected chi connectivity index (χ1v) is 9.54. The molecule has 2 N–H and O–H groups in total. The number of urea groups is 1. The summed E-state index contributed by atoms with van der Waals surface area (Å²) in [6.45, 7) is 0.977. The minimum Gasteiger partial charge on any atom is -0.352 e. The Balaban J connectivity index is 1.51. The van der Waals surface area contributed by atoms with Gasteiger partial charge in [-0.1, -0.05) is 12.1 Å². The summed E-state index contributed by atoms with van der Waals surface area (Å²) in [5, 5.41) is 6.06. The summed E-state index contributed by atoms with van der Waals surface area (Å²) >= 11 is 0. The molecule has 1 saturated heterocycles. The predicted octanol–water partition coefficient (Wildman–Crippen LogP) is 2.88. The molecule has 2 aromatic rings. The summed E-state index contributed by atoms with van der Waals surface area (Å²) in [7, 11) is 0. The highest BCUT2D eigenvalue weighted by atomic mass is 16.2. The molecule has 1 fully saturated rings. The zero-order valence-electron chi connectivity index (χ0n) is 15.3. The number of amides is 3. The van der Waals surface area contributed by atoms with E-state index in [4.69, 9.17) is 0 Å². The van der Waals surface area contributed by atoms with Crippen LogP contribution in [0.1, 0.15) is 36.0 Å². The molecule has 2 aliphatic rings. The van der Waals surface area contributed by atoms with Gasteiger partial charge in [-0.2, -0.15) is 0 Å². The topological polar surface area (TPSA) is 74.3 Å². The molecule has 0 unspecified atom stereocenters. The van der Waals surface area contributed by atoms with E-state index in [1.54, 1.807) is 17.3 Å². The van der Waals surface area contributed by atoms with Crippen molar-refractivity contribution in [1.82, 2.24) is 15.2 Å². The number of anilines is 1. The first-order chi connectivity index (χ1) is 13.2. The summed E-state index contributed by atoms with van der Waals surface area (Å²) in [5.74, 6) is 0.0603. The SMILES string of the molecule is O=C1CC[C@@H](CN(Cc2ccncc2)C(=O)Nc2cccc3c2CCC3)N1. The quantitative estimate of drug-likeness (QED) is 0.857. The van der Waals surface area contributed by atoms with E-state index >= 15 is 0 Å². The maximum atomic E-state index is 13.1. The highest BCUT2D eigenvalue weighted by Crippen LogP contribution is 2.29. The van der Waals surface area contributed by atoms with Crippen LogP contribution in [0.15, 0.2) is 42.7 Å². The lowest BCUT2D eigenvalue weighted by Crippen LogP contribution is -2.43. The lowest BCUT2D eigenvalue weighted by atomic mass is 10.1. The van der Waals surface area contributed by atoms with Crippen LogP contribution in [0.4, 0.5) is 10.5 Å². The standard InChI is InChI=1S/C21H24N4O2/c26-20-8-7-17(23-20)14-25(13-15-9-11-22-12-10-15)21(27)24-19-6-2-4-16-3-1-5-18(16)19/h2,4,6,9-12,17H,1,3,5,7-8,13-14H2,(H,23,26)(H,24,27)/t17-/m0/s1. The van der Waals surface area contributed by atoms with Crippen LogP contribution in [-0.4, -0.2) is 34.4 Å². The molecule has 2 heterocycles. The summed E-state index contributed by atoms with van der Waals surface area (Å²) in [5.41, 5.74) is 4.51. The van der Waals surface area contributed by atoms with Gasteiger partial charge in [0.15, 0.2) is 0 Å². The molecule has 1 aromatic heterocycles. The molecule has 0 spiro atoms. The first-order valence-electron chi connectivity index (χ1n) is 9.54. The summed E-state index contributed by atoms with van der Waals surface area (Å²) in [4.78, 5) is 30.4. The number of fused-ring (bicyclic) bond motifs is 1. The van der Waals surface area contributed by atoms with Crippen LogP contribution in [0.5, 0.6) is 0 Å². The Morgan fingerprint density at radius 2 is 2.04 bits per heavy atom. The van der Waals surface area contributed by atoms with Gasteiger partial charge in [0.05, 0.1) is 0 Å². The molecule has 27 heavy (non-hydrogen) atoms. The molecule has 0 bridgehead atoms. The van der Waals surface area contributed by atoms with Crippen molar-refractivity contribution in [1.29, 1.82) is 0 Å². The lowest BCUT2D eigenvalue weighted by molar-refractivity contribution is -0.119. The molecule has 3 amide bonds. The molecule has 1 aliphatic heterocycles. The maximum Gasteiger partial charge on any atom is 0.322 e. The van der Waals surface area contributed by atoms with E-state index in [0.717, 1.165) is 36.9 Å². The highest BCUT2D eigenvalue weighted by Gasteiger charge is 2.26. The van der Waals surface area contributed by atoms with E-state index in [1.165, 1.54) is 11.1 Å². The minimum absolute atomic E-state index is 0.00609. The van der Waals surface area contributed by atoms with Crippen LogP contribution < -0.4 is 10.6 Å². The monoisotopic (exact) mass is 364 g/mol. The van der Waals surface area contributed by atoms with Crippen LogP contribution in [0.2, 0.25) is 0 Å². The van der Waals surface area contributed by atoms with Gasteiger partial charge in [-0.25, -0.2) is 4.79 Å². The number of hydrogen-bond donors (Lipinski definition) is 2. The van der Waals surface area contributed by atoms with Crippen LogP contribution in [0.3, 0.4) is 0 Å². The molecular weight excluding hydrogens is 340 g/mol. The van der Waals surface area contributed by atoms with E-state index in [1.807, 2.05) is 24.3 Å². The van der Waals surface area contributed by atoms with E-state index in [2.05, 4.69) is 21.7 Å². The van der Waals surface area contributed by atoms with Gasteiger partial charge in [-0.15, -0.1) is 0 Å². The van der Waals surface area contributed by atoms with E-state index < -0.39 is 0 Å². The Kier molecular flexibility index (Phi) is 5.05. The Bertz CT molecular complexity index is 837. The average molecular weight is 364 g/mol. The number of aryl methyl sites for hydroxylation is 1. The van der Waals surface area contributed by atoms with Gasteiger partial charge in [-0.05, 0) is 60.6 Å². The van der Waals surface area contributed by atoms with Gasteiger partial charge in [0, 0.05) is 43.6 Å². The number of nitrogens with zero attached hydrogens (tertiary/aromatic N) is 2. The Morgan fingerprint density at radius 1 is 1.19 bits per heavy atom. The number of aromatic nitrogens is 1. The van der Waals surface area contributed by atoms with E-state index in [-0.39, 0.29) is 18.0 Å². The molecule has 1 atom stereocenters. The number of carbonyl (C=O) groups is 2. The van der Waals surface area contributed by atoms with Gasteiger partial charge in [0.25, 0.3) is 0 Å². The van der Waals surface area contributed by atoms with Crippen molar-refractivity contribution in [3.8, 4) is 0 Å². The molecule has 1 aromatic carbocycles. The van der Waals surface area contributed by atoms with E-state index in [0.29, 0.717) is 19.5 Å². The van der Waals surface area contributed by atoms with Gasteiger partial charge in [0.2, 0.25) is 5.91 Å². The van der Waals surface area contributed by atoms with Crippen LogP contribution >= 0.6 is 0 Å². The van der Waals surface area contributed by atoms with Crippen molar-refractivity contribution in [3.63, 3.8) is 0 Å². The number of hydrogen-bond acceptors (Lipinski definition) is 3. The van der Waals surface area contributed by atoms with Crippen molar-refractivity contribution in [2.24, 2.45) is 0 Å². The molecule has 6 heteroatoms. The summed E-state index contributed by atoms with van der Waals surface area (Å²) in [6.07, 6.45) is 7.97. The number of carbonyl (C=O) groups excluding carboxylic acids is 2. The second-order valence-electron chi connectivity index (χ2n) is 7.27. The van der Waals surface area contributed by atoms with Gasteiger partial charge in [-0.3, -0.25) is 9.78 Å². The lowest BCUT2D eigenvalue weighted by Gasteiger charge is -2.26. The van der Waals surface area contributed by atoms with Crippen LogP contribution in [0.25, 0.3) is 0 Å². The predicted molar refractivity (Wildman–Crippen MR) is 103 cm³/mol. The Labute approximate surface area is 159 Å².